The number of sulfonamides is 1. The number of hydrogen-bond acceptors (Lipinski definition) is 3. The third-order valence-corrected chi connectivity index (χ3v) is 6.23. The topological polar surface area (TPSA) is 62.6 Å². The van der Waals surface area contributed by atoms with Crippen molar-refractivity contribution in [3.05, 3.63) is 65.3 Å². The zero-order chi connectivity index (χ0) is 22.1. The molecule has 0 saturated heterocycles. The van der Waals surface area contributed by atoms with E-state index in [-0.39, 0.29) is 18.4 Å². The molecule has 0 saturated carbocycles. The molecule has 7 heteroatoms. The minimum Gasteiger partial charge on any atom is -0.353 e. The fourth-order valence-corrected chi connectivity index (χ4v) is 4.39. The first-order valence-electron chi connectivity index (χ1n) is 10.3. The third kappa shape index (κ3) is 7.15. The molecule has 0 spiro atoms. The van der Waals surface area contributed by atoms with Gasteiger partial charge in [-0.15, -0.1) is 0 Å². The standard InChI is InChI=1S/C23H33N3O3S/c1-5-14-26(30(28,29)16-13-21-10-7-6-8-11-21)19-23(27)25(17-20(2)3)18-22-12-9-15-24(22)4/h6-13,15-16,20H,5,14,17-19H2,1-4H3. The molecule has 0 aliphatic heterocycles. The van der Waals surface area contributed by atoms with Gasteiger partial charge in [-0.1, -0.05) is 51.1 Å². The zero-order valence-electron chi connectivity index (χ0n) is 18.4. The molecule has 0 atom stereocenters. The van der Waals surface area contributed by atoms with Crippen LogP contribution in [0.15, 0.2) is 54.1 Å². The van der Waals surface area contributed by atoms with Crippen molar-refractivity contribution in [3.8, 4) is 0 Å². The Morgan fingerprint density at radius 2 is 1.83 bits per heavy atom. The minimum atomic E-state index is -3.71. The van der Waals surface area contributed by atoms with Crippen LogP contribution >= 0.6 is 0 Å². The smallest absolute Gasteiger partial charge is 0.238 e. The Morgan fingerprint density at radius 1 is 1.13 bits per heavy atom. The van der Waals surface area contributed by atoms with E-state index in [1.807, 2.05) is 67.2 Å². The Kier molecular flexibility index (Phi) is 8.87. The summed E-state index contributed by atoms with van der Waals surface area (Å²) in [6.07, 6.45) is 4.14. The van der Waals surface area contributed by atoms with E-state index in [0.717, 1.165) is 11.3 Å². The van der Waals surface area contributed by atoms with Crippen molar-refractivity contribution in [1.82, 2.24) is 13.8 Å². The molecule has 0 fully saturated rings. The quantitative estimate of drug-likeness (QED) is 0.545. The third-order valence-electron chi connectivity index (χ3n) is 4.72. The molecule has 2 aromatic rings. The van der Waals surface area contributed by atoms with E-state index >= 15 is 0 Å². The number of hydrogen-bond donors (Lipinski definition) is 0. The number of carbonyl (C=O) groups is 1. The van der Waals surface area contributed by atoms with Gasteiger partial charge >= 0.3 is 0 Å². The molecule has 0 radical (unpaired) electrons. The van der Waals surface area contributed by atoms with Gasteiger partial charge in [0.1, 0.15) is 0 Å². The Labute approximate surface area is 180 Å². The molecule has 0 N–H and O–H groups in total. The summed E-state index contributed by atoms with van der Waals surface area (Å²) in [5, 5.41) is 1.19. The maximum absolute atomic E-state index is 13.1. The molecule has 6 nitrogen and oxygen atoms in total. The number of benzene rings is 1. The average Bonchev–Trinajstić information content (AvgIpc) is 3.10. The summed E-state index contributed by atoms with van der Waals surface area (Å²) < 4.78 is 29.1. The van der Waals surface area contributed by atoms with Gasteiger partial charge in [-0.2, -0.15) is 4.31 Å². The van der Waals surface area contributed by atoms with Gasteiger partial charge in [0.2, 0.25) is 15.9 Å². The van der Waals surface area contributed by atoms with Crippen LogP contribution in [-0.4, -0.2) is 47.7 Å². The first kappa shape index (κ1) is 23.9. The predicted octanol–water partition coefficient (Wildman–Crippen LogP) is 3.72. The number of amides is 1. The minimum absolute atomic E-state index is 0.160. The van der Waals surface area contributed by atoms with Crippen molar-refractivity contribution in [2.75, 3.05) is 19.6 Å². The molecule has 2 rings (SSSR count). The highest BCUT2D eigenvalue weighted by Crippen LogP contribution is 2.13. The van der Waals surface area contributed by atoms with Gasteiger partial charge < -0.3 is 9.47 Å². The number of aromatic nitrogens is 1. The van der Waals surface area contributed by atoms with Crippen LogP contribution in [0.1, 0.15) is 38.4 Å². The summed E-state index contributed by atoms with van der Waals surface area (Å²) in [6.45, 7) is 7.18. The molecule has 1 aromatic heterocycles. The van der Waals surface area contributed by atoms with Crippen molar-refractivity contribution in [1.29, 1.82) is 0 Å². The predicted molar refractivity (Wildman–Crippen MR) is 122 cm³/mol. The highest BCUT2D eigenvalue weighted by Gasteiger charge is 2.25. The Bertz CT molecular complexity index is 934. The Hall–Kier alpha value is -2.38. The second kappa shape index (κ2) is 11.1. The first-order chi connectivity index (χ1) is 14.2. The fraction of sp³-hybridized carbons (Fsp3) is 0.435. The van der Waals surface area contributed by atoms with E-state index in [2.05, 4.69) is 13.8 Å². The highest BCUT2D eigenvalue weighted by atomic mass is 32.2. The second-order valence-electron chi connectivity index (χ2n) is 7.87. The van der Waals surface area contributed by atoms with E-state index in [1.54, 1.807) is 11.0 Å². The number of carbonyl (C=O) groups excluding carboxylic acids is 1. The molecule has 0 aliphatic carbocycles. The lowest BCUT2D eigenvalue weighted by Crippen LogP contribution is -2.43. The maximum Gasteiger partial charge on any atom is 0.238 e. The summed E-state index contributed by atoms with van der Waals surface area (Å²) >= 11 is 0. The van der Waals surface area contributed by atoms with Crippen LogP contribution in [0, 0.1) is 5.92 Å². The number of aryl methyl sites for hydroxylation is 1. The van der Waals surface area contributed by atoms with Gasteiger partial charge in [-0.25, -0.2) is 8.42 Å². The number of rotatable bonds is 11. The molecule has 0 aliphatic rings. The zero-order valence-corrected chi connectivity index (χ0v) is 19.2. The molecule has 1 heterocycles. The Morgan fingerprint density at radius 3 is 2.40 bits per heavy atom. The summed E-state index contributed by atoms with van der Waals surface area (Å²) in [5.41, 5.74) is 1.81. The van der Waals surface area contributed by atoms with Gasteiger partial charge in [0.25, 0.3) is 0 Å². The SMILES string of the molecule is CCCN(CC(=O)N(Cc1cccn1C)CC(C)C)S(=O)(=O)C=Cc1ccccc1. The average molecular weight is 432 g/mol. The van der Waals surface area contributed by atoms with Gasteiger partial charge in [0, 0.05) is 37.4 Å². The van der Waals surface area contributed by atoms with E-state index in [1.165, 1.54) is 9.71 Å². The molecule has 1 amide bonds. The number of nitrogens with zero attached hydrogens (tertiary/aromatic N) is 3. The Balaban J connectivity index is 2.18. The monoisotopic (exact) mass is 431 g/mol. The molecule has 1 aromatic carbocycles. The first-order valence-corrected chi connectivity index (χ1v) is 11.8. The summed E-state index contributed by atoms with van der Waals surface area (Å²) in [5.74, 6) is 0.0958. The van der Waals surface area contributed by atoms with Crippen molar-refractivity contribution in [2.24, 2.45) is 13.0 Å². The van der Waals surface area contributed by atoms with Crippen LogP contribution in [0.25, 0.3) is 6.08 Å². The van der Waals surface area contributed by atoms with Crippen LogP contribution < -0.4 is 0 Å². The summed E-state index contributed by atoms with van der Waals surface area (Å²) in [4.78, 5) is 14.9. The van der Waals surface area contributed by atoms with E-state index in [9.17, 15) is 13.2 Å². The van der Waals surface area contributed by atoms with Crippen LogP contribution in [-0.2, 0) is 28.4 Å². The van der Waals surface area contributed by atoms with Gasteiger partial charge in [-0.3, -0.25) is 4.79 Å². The van der Waals surface area contributed by atoms with Crippen molar-refractivity contribution < 1.29 is 13.2 Å². The van der Waals surface area contributed by atoms with Gasteiger partial charge in [0.05, 0.1) is 13.1 Å². The molecule has 164 valence electrons. The van der Waals surface area contributed by atoms with E-state index in [4.69, 9.17) is 0 Å². The normalized spacial score (nSPS) is 12.2. The fourth-order valence-electron chi connectivity index (χ4n) is 3.16. The van der Waals surface area contributed by atoms with Crippen molar-refractivity contribution in [3.63, 3.8) is 0 Å². The van der Waals surface area contributed by atoms with Crippen LogP contribution in [0.3, 0.4) is 0 Å². The van der Waals surface area contributed by atoms with Gasteiger partial charge in [0.15, 0.2) is 0 Å². The highest BCUT2D eigenvalue weighted by molar-refractivity contribution is 7.92. The molecule has 0 bridgehead atoms. The summed E-state index contributed by atoms with van der Waals surface area (Å²) in [6, 6.07) is 13.2. The summed E-state index contributed by atoms with van der Waals surface area (Å²) in [7, 11) is -1.77. The van der Waals surface area contributed by atoms with Crippen molar-refractivity contribution >= 4 is 22.0 Å². The lowest BCUT2D eigenvalue weighted by Gasteiger charge is -2.28. The lowest BCUT2D eigenvalue weighted by molar-refractivity contribution is -0.132. The lowest BCUT2D eigenvalue weighted by atomic mass is 10.2. The van der Waals surface area contributed by atoms with Crippen molar-refractivity contribution in [2.45, 2.75) is 33.7 Å². The van der Waals surface area contributed by atoms with Crippen LogP contribution in [0.5, 0.6) is 0 Å². The largest absolute Gasteiger partial charge is 0.353 e. The van der Waals surface area contributed by atoms with Crippen LogP contribution in [0.4, 0.5) is 0 Å². The molecular weight excluding hydrogens is 398 g/mol. The van der Waals surface area contributed by atoms with Gasteiger partial charge in [-0.05, 0) is 36.1 Å². The maximum atomic E-state index is 13.1. The van der Waals surface area contributed by atoms with E-state index in [0.29, 0.717) is 26.1 Å². The molecular formula is C23H33N3O3S. The second-order valence-corrected chi connectivity index (χ2v) is 9.69. The molecule has 30 heavy (non-hydrogen) atoms. The van der Waals surface area contributed by atoms with Crippen LogP contribution in [0.2, 0.25) is 0 Å². The molecule has 0 unspecified atom stereocenters. The van der Waals surface area contributed by atoms with E-state index < -0.39 is 10.0 Å².